The molecular weight excluding hydrogens is 248 g/mol. The Balaban J connectivity index is 2.35. The van der Waals surface area contributed by atoms with Crippen molar-refractivity contribution in [1.82, 2.24) is 4.98 Å². The number of aromatic amines is 1. The Morgan fingerprint density at radius 3 is 2.70 bits per heavy atom. The molecule has 2 aromatic carbocycles. The second kappa shape index (κ2) is 4.75. The molecule has 0 fully saturated rings. The predicted octanol–water partition coefficient (Wildman–Crippen LogP) is 4.02. The van der Waals surface area contributed by atoms with Crippen LogP contribution in [0.5, 0.6) is 5.75 Å². The number of aromatic nitrogens is 1. The number of nitrogens with zero attached hydrogens (tertiary/aromatic N) is 1. The maximum Gasteiger partial charge on any atom is 0.128 e. The van der Waals surface area contributed by atoms with Gasteiger partial charge in [-0.25, -0.2) is 0 Å². The molecule has 3 nitrogen and oxygen atoms in total. The number of aryl methyl sites for hydroxylation is 1. The zero-order chi connectivity index (χ0) is 14.1. The summed E-state index contributed by atoms with van der Waals surface area (Å²) in [6.45, 7) is 2.03. The molecule has 1 N–H and O–H groups in total. The van der Waals surface area contributed by atoms with Crippen molar-refractivity contribution in [2.45, 2.75) is 6.92 Å². The first-order valence-corrected chi connectivity index (χ1v) is 6.40. The molecule has 20 heavy (non-hydrogen) atoms. The van der Waals surface area contributed by atoms with Gasteiger partial charge in [-0.3, -0.25) is 0 Å². The number of nitrogens with one attached hydrogen (secondary N) is 1. The summed E-state index contributed by atoms with van der Waals surface area (Å²) >= 11 is 0. The van der Waals surface area contributed by atoms with Gasteiger partial charge in [0, 0.05) is 16.5 Å². The zero-order valence-electron chi connectivity index (χ0n) is 11.4. The van der Waals surface area contributed by atoms with Gasteiger partial charge in [-0.2, -0.15) is 5.26 Å². The Hall–Kier alpha value is -2.73. The third-order valence-corrected chi connectivity index (χ3v) is 3.44. The van der Waals surface area contributed by atoms with Crippen molar-refractivity contribution in [1.29, 1.82) is 5.26 Å². The highest BCUT2D eigenvalue weighted by Crippen LogP contribution is 2.35. The van der Waals surface area contributed by atoms with Gasteiger partial charge in [0.1, 0.15) is 11.8 Å². The number of hydrogen-bond donors (Lipinski definition) is 1. The molecule has 0 saturated heterocycles. The average Bonchev–Trinajstić information content (AvgIpc) is 2.85. The van der Waals surface area contributed by atoms with E-state index in [1.54, 1.807) is 7.11 Å². The average molecular weight is 262 g/mol. The number of methoxy groups -OCH3 is 1. The minimum Gasteiger partial charge on any atom is -0.496 e. The summed E-state index contributed by atoms with van der Waals surface area (Å²) in [5.41, 5.74) is 4.48. The monoisotopic (exact) mass is 262 g/mol. The minimum atomic E-state index is 0.657. The van der Waals surface area contributed by atoms with Crippen LogP contribution in [-0.4, -0.2) is 12.1 Å². The molecule has 0 bridgehead atoms. The highest BCUT2D eigenvalue weighted by atomic mass is 16.5. The summed E-state index contributed by atoms with van der Waals surface area (Å²) in [6, 6.07) is 16.1. The molecule has 0 amide bonds. The molecule has 98 valence electrons. The van der Waals surface area contributed by atoms with Crippen LogP contribution >= 0.6 is 0 Å². The van der Waals surface area contributed by atoms with Crippen LogP contribution in [0.25, 0.3) is 22.2 Å². The van der Waals surface area contributed by atoms with Crippen molar-refractivity contribution in [3.8, 4) is 23.1 Å². The number of rotatable bonds is 2. The van der Waals surface area contributed by atoms with Gasteiger partial charge in [0.2, 0.25) is 0 Å². The van der Waals surface area contributed by atoms with Crippen LogP contribution in [0.2, 0.25) is 0 Å². The fourth-order valence-electron chi connectivity index (χ4n) is 2.48. The fourth-order valence-corrected chi connectivity index (χ4v) is 2.48. The number of H-pyrrole nitrogens is 1. The van der Waals surface area contributed by atoms with Crippen LogP contribution < -0.4 is 4.74 Å². The smallest absolute Gasteiger partial charge is 0.128 e. The highest BCUT2D eigenvalue weighted by Gasteiger charge is 2.16. The number of ether oxygens (including phenoxy) is 1. The molecule has 3 rings (SSSR count). The van der Waals surface area contributed by atoms with E-state index in [0.717, 1.165) is 33.5 Å². The Kier molecular flexibility index (Phi) is 2.92. The summed E-state index contributed by atoms with van der Waals surface area (Å²) in [5, 5.41) is 10.4. The molecule has 0 radical (unpaired) electrons. The second-order valence-electron chi connectivity index (χ2n) is 4.74. The number of benzene rings is 2. The Labute approximate surface area is 117 Å². The molecule has 0 spiro atoms. The molecule has 3 heteroatoms. The zero-order valence-corrected chi connectivity index (χ0v) is 11.4. The summed E-state index contributed by atoms with van der Waals surface area (Å²) in [7, 11) is 1.64. The SMILES string of the molecule is COc1ccc(C)cc1-c1[nH]c2ccccc2c1C#N. The molecule has 0 aliphatic rings. The third kappa shape index (κ3) is 1.83. The van der Waals surface area contributed by atoms with Crippen LogP contribution in [0.3, 0.4) is 0 Å². The summed E-state index contributed by atoms with van der Waals surface area (Å²) in [5.74, 6) is 0.763. The fraction of sp³-hybridized carbons (Fsp3) is 0.118. The van der Waals surface area contributed by atoms with Crippen molar-refractivity contribution in [2.24, 2.45) is 0 Å². The Morgan fingerprint density at radius 1 is 1.15 bits per heavy atom. The Bertz CT molecular complexity index is 825. The summed E-state index contributed by atoms with van der Waals surface area (Å²) in [6.07, 6.45) is 0. The molecule has 0 atom stereocenters. The summed E-state index contributed by atoms with van der Waals surface area (Å²) < 4.78 is 5.42. The van der Waals surface area contributed by atoms with E-state index in [4.69, 9.17) is 4.74 Å². The van der Waals surface area contributed by atoms with E-state index in [9.17, 15) is 5.26 Å². The van der Waals surface area contributed by atoms with E-state index in [1.165, 1.54) is 0 Å². The lowest BCUT2D eigenvalue weighted by Gasteiger charge is -2.08. The van der Waals surface area contributed by atoms with Crippen molar-refractivity contribution in [3.05, 3.63) is 53.6 Å². The predicted molar refractivity (Wildman–Crippen MR) is 79.7 cm³/mol. The van der Waals surface area contributed by atoms with E-state index >= 15 is 0 Å². The van der Waals surface area contributed by atoms with Gasteiger partial charge < -0.3 is 9.72 Å². The molecule has 0 aliphatic carbocycles. The van der Waals surface area contributed by atoms with E-state index in [0.29, 0.717) is 5.56 Å². The standard InChI is InChI=1S/C17H14N2O/c1-11-7-8-16(20-2)13(9-11)17-14(10-18)12-5-3-4-6-15(12)19-17/h3-9,19H,1-2H3. The van der Waals surface area contributed by atoms with Crippen LogP contribution in [-0.2, 0) is 0 Å². The van der Waals surface area contributed by atoms with E-state index in [-0.39, 0.29) is 0 Å². The molecule has 1 heterocycles. The van der Waals surface area contributed by atoms with E-state index in [2.05, 4.69) is 11.1 Å². The quantitative estimate of drug-likeness (QED) is 0.758. The number of para-hydroxylation sites is 1. The number of hydrogen-bond acceptors (Lipinski definition) is 2. The maximum absolute atomic E-state index is 9.49. The highest BCUT2D eigenvalue weighted by molar-refractivity contribution is 5.94. The van der Waals surface area contributed by atoms with Crippen LogP contribution in [0.1, 0.15) is 11.1 Å². The van der Waals surface area contributed by atoms with E-state index < -0.39 is 0 Å². The second-order valence-corrected chi connectivity index (χ2v) is 4.74. The first-order valence-electron chi connectivity index (χ1n) is 6.40. The van der Waals surface area contributed by atoms with Crippen molar-refractivity contribution in [2.75, 3.05) is 7.11 Å². The van der Waals surface area contributed by atoms with E-state index in [1.807, 2.05) is 49.4 Å². The topological polar surface area (TPSA) is 48.8 Å². The van der Waals surface area contributed by atoms with Gasteiger partial charge in [-0.15, -0.1) is 0 Å². The van der Waals surface area contributed by atoms with Crippen molar-refractivity contribution < 1.29 is 4.74 Å². The largest absolute Gasteiger partial charge is 0.496 e. The van der Waals surface area contributed by atoms with Gasteiger partial charge in [0.15, 0.2) is 0 Å². The van der Waals surface area contributed by atoms with Gasteiger partial charge in [-0.1, -0.05) is 29.8 Å². The van der Waals surface area contributed by atoms with Crippen LogP contribution in [0, 0.1) is 18.3 Å². The molecule has 1 aromatic heterocycles. The molecular formula is C17H14N2O. The van der Waals surface area contributed by atoms with Crippen molar-refractivity contribution in [3.63, 3.8) is 0 Å². The maximum atomic E-state index is 9.49. The first kappa shape index (κ1) is 12.3. The normalized spacial score (nSPS) is 10.4. The molecule has 0 saturated carbocycles. The molecule has 0 aliphatic heterocycles. The van der Waals surface area contributed by atoms with Crippen LogP contribution in [0.15, 0.2) is 42.5 Å². The van der Waals surface area contributed by atoms with Gasteiger partial charge in [0.05, 0.1) is 18.4 Å². The number of nitriles is 1. The molecule has 0 unspecified atom stereocenters. The first-order chi connectivity index (χ1) is 9.74. The summed E-state index contributed by atoms with van der Waals surface area (Å²) in [4.78, 5) is 3.33. The van der Waals surface area contributed by atoms with Crippen LogP contribution in [0.4, 0.5) is 0 Å². The third-order valence-electron chi connectivity index (χ3n) is 3.44. The van der Waals surface area contributed by atoms with Gasteiger partial charge in [0.25, 0.3) is 0 Å². The van der Waals surface area contributed by atoms with Crippen molar-refractivity contribution >= 4 is 10.9 Å². The van der Waals surface area contributed by atoms with Gasteiger partial charge in [-0.05, 0) is 25.1 Å². The lowest BCUT2D eigenvalue weighted by molar-refractivity contribution is 0.416. The molecule has 3 aromatic rings. The lowest BCUT2D eigenvalue weighted by atomic mass is 10.0. The Morgan fingerprint density at radius 2 is 1.95 bits per heavy atom. The number of fused-ring (bicyclic) bond motifs is 1. The minimum absolute atomic E-state index is 0.657. The lowest BCUT2D eigenvalue weighted by Crippen LogP contribution is -1.90. The van der Waals surface area contributed by atoms with Gasteiger partial charge >= 0.3 is 0 Å².